The molecule has 0 saturated heterocycles. The third kappa shape index (κ3) is 4.06. The molecule has 0 heterocycles. The van der Waals surface area contributed by atoms with Gasteiger partial charge in [0.2, 0.25) is 0 Å². The fourth-order valence-corrected chi connectivity index (χ4v) is 2.40. The Morgan fingerprint density at radius 2 is 2.00 bits per heavy atom. The van der Waals surface area contributed by atoms with Gasteiger partial charge < -0.3 is 5.11 Å². The standard InChI is InChI=1S/C15H12BrClN2O2/c1-9-6-12(16)7-11(14(9)20)8-18-19-15(21)10-2-4-13(17)5-3-10/h2-8,20H,1H3,(H,19,21). The number of nitrogens with zero attached hydrogens (tertiary/aromatic N) is 1. The maximum Gasteiger partial charge on any atom is 0.271 e. The summed E-state index contributed by atoms with van der Waals surface area (Å²) in [4.78, 5) is 11.8. The molecule has 0 aromatic heterocycles. The zero-order chi connectivity index (χ0) is 15.4. The lowest BCUT2D eigenvalue weighted by Crippen LogP contribution is -2.17. The zero-order valence-corrected chi connectivity index (χ0v) is 13.4. The summed E-state index contributed by atoms with van der Waals surface area (Å²) in [6.45, 7) is 1.78. The monoisotopic (exact) mass is 366 g/mol. The number of hydrazone groups is 1. The van der Waals surface area contributed by atoms with Gasteiger partial charge >= 0.3 is 0 Å². The van der Waals surface area contributed by atoms with Crippen molar-refractivity contribution in [1.82, 2.24) is 5.43 Å². The van der Waals surface area contributed by atoms with Crippen LogP contribution in [-0.4, -0.2) is 17.2 Å². The second kappa shape index (κ2) is 6.74. The minimum absolute atomic E-state index is 0.127. The van der Waals surface area contributed by atoms with Gasteiger partial charge in [-0.05, 0) is 48.9 Å². The van der Waals surface area contributed by atoms with Gasteiger partial charge in [0.05, 0.1) is 6.21 Å². The van der Waals surface area contributed by atoms with Crippen LogP contribution >= 0.6 is 27.5 Å². The van der Waals surface area contributed by atoms with Crippen LogP contribution in [0.5, 0.6) is 5.75 Å². The molecule has 108 valence electrons. The van der Waals surface area contributed by atoms with Crippen LogP contribution in [-0.2, 0) is 0 Å². The summed E-state index contributed by atoms with van der Waals surface area (Å²) in [5, 5.41) is 14.3. The lowest BCUT2D eigenvalue weighted by Gasteiger charge is -2.04. The third-order valence-electron chi connectivity index (χ3n) is 2.77. The molecule has 0 atom stereocenters. The first-order valence-electron chi connectivity index (χ1n) is 6.05. The normalized spacial score (nSPS) is 10.8. The maximum absolute atomic E-state index is 11.8. The lowest BCUT2D eigenvalue weighted by atomic mass is 10.1. The summed E-state index contributed by atoms with van der Waals surface area (Å²) in [7, 11) is 0. The summed E-state index contributed by atoms with van der Waals surface area (Å²) < 4.78 is 0.822. The van der Waals surface area contributed by atoms with E-state index >= 15 is 0 Å². The van der Waals surface area contributed by atoms with Crippen molar-refractivity contribution < 1.29 is 9.90 Å². The zero-order valence-electron chi connectivity index (χ0n) is 11.1. The van der Waals surface area contributed by atoms with Crippen LogP contribution < -0.4 is 5.43 Å². The Hall–Kier alpha value is -1.85. The second-order valence-corrected chi connectivity index (χ2v) is 5.72. The van der Waals surface area contributed by atoms with E-state index in [4.69, 9.17) is 11.6 Å². The molecule has 21 heavy (non-hydrogen) atoms. The molecule has 0 bridgehead atoms. The van der Waals surface area contributed by atoms with Crippen molar-refractivity contribution in [3.63, 3.8) is 0 Å². The number of hydrogen-bond acceptors (Lipinski definition) is 3. The SMILES string of the molecule is Cc1cc(Br)cc(C=NNC(=O)c2ccc(Cl)cc2)c1O. The lowest BCUT2D eigenvalue weighted by molar-refractivity contribution is 0.0955. The van der Waals surface area contributed by atoms with Gasteiger partial charge in [0.15, 0.2) is 0 Å². The van der Waals surface area contributed by atoms with Crippen molar-refractivity contribution >= 4 is 39.7 Å². The van der Waals surface area contributed by atoms with Crippen LogP contribution in [0.3, 0.4) is 0 Å². The Bertz CT molecular complexity index is 700. The highest BCUT2D eigenvalue weighted by Crippen LogP contribution is 2.25. The molecule has 2 aromatic rings. The van der Waals surface area contributed by atoms with Gasteiger partial charge in [0.25, 0.3) is 5.91 Å². The number of benzene rings is 2. The number of carbonyl (C=O) groups is 1. The number of phenols is 1. The smallest absolute Gasteiger partial charge is 0.271 e. The molecule has 2 rings (SSSR count). The van der Waals surface area contributed by atoms with Crippen LogP contribution in [0.15, 0.2) is 46.0 Å². The van der Waals surface area contributed by atoms with Crippen molar-refractivity contribution in [3.8, 4) is 5.75 Å². The highest BCUT2D eigenvalue weighted by Gasteiger charge is 2.05. The van der Waals surface area contributed by atoms with Crippen LogP contribution in [0.2, 0.25) is 5.02 Å². The molecular weight excluding hydrogens is 356 g/mol. The summed E-state index contributed by atoms with van der Waals surface area (Å²) >= 11 is 9.09. The highest BCUT2D eigenvalue weighted by atomic mass is 79.9. The van der Waals surface area contributed by atoms with E-state index in [1.165, 1.54) is 6.21 Å². The quantitative estimate of drug-likeness (QED) is 0.639. The minimum atomic E-state index is -0.353. The largest absolute Gasteiger partial charge is 0.507 e. The van der Waals surface area contributed by atoms with E-state index in [0.717, 1.165) is 10.0 Å². The van der Waals surface area contributed by atoms with E-state index in [1.54, 1.807) is 43.3 Å². The Morgan fingerprint density at radius 1 is 1.33 bits per heavy atom. The van der Waals surface area contributed by atoms with Gasteiger partial charge in [0, 0.05) is 20.6 Å². The number of nitrogens with one attached hydrogen (secondary N) is 1. The van der Waals surface area contributed by atoms with E-state index < -0.39 is 0 Å². The molecule has 0 aliphatic rings. The van der Waals surface area contributed by atoms with Crippen LogP contribution in [0, 0.1) is 6.92 Å². The summed E-state index contributed by atoms with van der Waals surface area (Å²) in [6.07, 6.45) is 1.39. The first kappa shape index (κ1) is 15.5. The summed E-state index contributed by atoms with van der Waals surface area (Å²) in [5.41, 5.74) is 4.07. The van der Waals surface area contributed by atoms with Gasteiger partial charge in [-0.2, -0.15) is 5.10 Å². The van der Waals surface area contributed by atoms with E-state index in [0.29, 0.717) is 16.1 Å². The third-order valence-corrected chi connectivity index (χ3v) is 3.48. The van der Waals surface area contributed by atoms with Gasteiger partial charge in [-0.1, -0.05) is 27.5 Å². The van der Waals surface area contributed by atoms with E-state index in [2.05, 4.69) is 26.5 Å². The van der Waals surface area contributed by atoms with E-state index in [9.17, 15) is 9.90 Å². The number of phenolic OH excluding ortho intramolecular Hbond substituents is 1. The fraction of sp³-hybridized carbons (Fsp3) is 0.0667. The fourth-order valence-electron chi connectivity index (χ4n) is 1.69. The predicted octanol–water partition coefficient (Wildman–Crippen LogP) is 3.88. The van der Waals surface area contributed by atoms with Crippen molar-refractivity contribution in [3.05, 3.63) is 62.6 Å². The van der Waals surface area contributed by atoms with Gasteiger partial charge in [-0.25, -0.2) is 5.43 Å². The number of aromatic hydroxyl groups is 1. The van der Waals surface area contributed by atoms with E-state index in [1.807, 2.05) is 0 Å². The molecule has 2 N–H and O–H groups in total. The average Bonchev–Trinajstić information content (AvgIpc) is 2.44. The highest BCUT2D eigenvalue weighted by molar-refractivity contribution is 9.10. The topological polar surface area (TPSA) is 61.7 Å². The van der Waals surface area contributed by atoms with Crippen LogP contribution in [0.25, 0.3) is 0 Å². The maximum atomic E-state index is 11.8. The first-order chi connectivity index (χ1) is 9.97. The molecule has 2 aromatic carbocycles. The first-order valence-corrected chi connectivity index (χ1v) is 7.22. The summed E-state index contributed by atoms with van der Waals surface area (Å²) in [6, 6.07) is 9.97. The molecular formula is C15H12BrClN2O2. The summed E-state index contributed by atoms with van der Waals surface area (Å²) in [5.74, 6) is -0.225. The Labute approximate surface area is 135 Å². The molecule has 6 heteroatoms. The number of aryl methyl sites for hydroxylation is 1. The predicted molar refractivity (Wildman–Crippen MR) is 87.1 cm³/mol. The number of amides is 1. The number of halogens is 2. The number of rotatable bonds is 3. The average molecular weight is 368 g/mol. The van der Waals surface area contributed by atoms with E-state index in [-0.39, 0.29) is 11.7 Å². The molecule has 0 aliphatic carbocycles. The van der Waals surface area contributed by atoms with Gasteiger partial charge in [-0.3, -0.25) is 4.79 Å². The molecule has 0 radical (unpaired) electrons. The van der Waals surface area contributed by atoms with Crippen molar-refractivity contribution in [2.75, 3.05) is 0 Å². The van der Waals surface area contributed by atoms with Crippen LogP contribution in [0.4, 0.5) is 0 Å². The molecule has 0 saturated carbocycles. The number of carbonyl (C=O) groups excluding carboxylic acids is 1. The van der Waals surface area contributed by atoms with Crippen molar-refractivity contribution in [2.45, 2.75) is 6.92 Å². The Balaban J connectivity index is 2.09. The molecule has 0 aliphatic heterocycles. The molecule has 0 unspecified atom stereocenters. The second-order valence-electron chi connectivity index (χ2n) is 4.37. The minimum Gasteiger partial charge on any atom is -0.507 e. The molecule has 1 amide bonds. The van der Waals surface area contributed by atoms with Crippen molar-refractivity contribution in [1.29, 1.82) is 0 Å². The molecule has 4 nitrogen and oxygen atoms in total. The van der Waals surface area contributed by atoms with Gasteiger partial charge in [0.1, 0.15) is 5.75 Å². The van der Waals surface area contributed by atoms with Gasteiger partial charge in [-0.15, -0.1) is 0 Å². The van der Waals surface area contributed by atoms with Crippen molar-refractivity contribution in [2.24, 2.45) is 5.10 Å². The molecule has 0 spiro atoms. The Morgan fingerprint density at radius 3 is 2.67 bits per heavy atom. The number of hydrogen-bond donors (Lipinski definition) is 2. The molecule has 0 fully saturated rings. The Kier molecular flexibility index (Phi) is 4.98. The van der Waals surface area contributed by atoms with Crippen LogP contribution in [0.1, 0.15) is 21.5 Å².